The van der Waals surface area contributed by atoms with Gasteiger partial charge in [-0.2, -0.15) is 0 Å². The van der Waals surface area contributed by atoms with Crippen LogP contribution in [-0.2, 0) is 4.79 Å². The van der Waals surface area contributed by atoms with Gasteiger partial charge in [0, 0.05) is 18.5 Å². The zero-order chi connectivity index (χ0) is 16.2. The molecule has 0 atom stereocenters. The summed E-state index contributed by atoms with van der Waals surface area (Å²) in [4.78, 5) is 11.4. The second-order valence-corrected chi connectivity index (χ2v) is 5.77. The number of benzene rings is 1. The Morgan fingerprint density at radius 1 is 1.18 bits per heavy atom. The number of halogens is 1. The highest BCUT2D eigenvalue weighted by Crippen LogP contribution is 2.15. The van der Waals surface area contributed by atoms with Crippen LogP contribution in [0.4, 0.5) is 0 Å². The summed E-state index contributed by atoms with van der Waals surface area (Å²) in [6, 6.07) is 7.76. The molecule has 0 unspecified atom stereocenters. The molecular weight excluding hydrogens is 294 g/mol. The lowest BCUT2D eigenvalue weighted by Gasteiger charge is -2.03. The number of nitrogens with one attached hydrogen (secondary N) is 1. The monoisotopic (exact) mass is 319 g/mol. The van der Waals surface area contributed by atoms with Crippen LogP contribution < -0.4 is 5.32 Å². The van der Waals surface area contributed by atoms with Crippen LogP contribution in [0.25, 0.3) is 6.08 Å². The van der Waals surface area contributed by atoms with Gasteiger partial charge in [0.25, 0.3) is 0 Å². The van der Waals surface area contributed by atoms with Crippen molar-refractivity contribution in [2.24, 2.45) is 0 Å². The van der Waals surface area contributed by atoms with E-state index >= 15 is 0 Å². The van der Waals surface area contributed by atoms with Crippen LogP contribution in [0.1, 0.15) is 51.0 Å². The smallest absolute Gasteiger partial charge is 0.220 e. The summed E-state index contributed by atoms with van der Waals surface area (Å²) >= 11 is 5.89. The van der Waals surface area contributed by atoms with Crippen molar-refractivity contribution in [3.8, 4) is 0 Å². The van der Waals surface area contributed by atoms with Crippen LogP contribution in [0, 0.1) is 0 Å². The van der Waals surface area contributed by atoms with Gasteiger partial charge in [-0.3, -0.25) is 4.79 Å². The van der Waals surface area contributed by atoms with Crippen LogP contribution in [-0.4, -0.2) is 13.0 Å². The maximum absolute atomic E-state index is 11.4. The Balaban J connectivity index is 2.66. The molecule has 0 aliphatic rings. The van der Waals surface area contributed by atoms with E-state index in [9.17, 15) is 4.79 Å². The van der Waals surface area contributed by atoms with Gasteiger partial charge in [-0.05, 0) is 37.0 Å². The Morgan fingerprint density at radius 3 is 2.55 bits per heavy atom. The van der Waals surface area contributed by atoms with Gasteiger partial charge in [0.2, 0.25) is 5.91 Å². The minimum absolute atomic E-state index is 0.0827. The van der Waals surface area contributed by atoms with E-state index in [2.05, 4.69) is 30.5 Å². The molecule has 0 aliphatic carbocycles. The van der Waals surface area contributed by atoms with E-state index in [1.807, 2.05) is 24.3 Å². The van der Waals surface area contributed by atoms with Crippen molar-refractivity contribution in [1.29, 1.82) is 0 Å². The summed E-state index contributed by atoms with van der Waals surface area (Å²) in [5.41, 5.74) is 2.33. The van der Waals surface area contributed by atoms with Crippen molar-refractivity contribution < 1.29 is 4.79 Å². The van der Waals surface area contributed by atoms with Gasteiger partial charge in [-0.15, -0.1) is 0 Å². The number of rotatable bonds is 9. The standard InChI is InChI=1S/C19H26ClNO/c1-3-4-5-6-7-16(12-15-19(22)21-2)8-9-17-10-13-18(20)14-11-17/h7-11,13-14H,3-6,12,15H2,1-2H3,(H,21,22)/b9-8+,16-7-. The molecule has 0 aliphatic heterocycles. The SMILES string of the molecule is CCCCC/C=C(/C=C/c1ccc(Cl)cc1)CCC(=O)NC. The molecule has 0 spiro atoms. The van der Waals surface area contributed by atoms with Crippen molar-refractivity contribution in [3.63, 3.8) is 0 Å². The summed E-state index contributed by atoms with van der Waals surface area (Å²) in [7, 11) is 1.68. The Labute approximate surface area is 139 Å². The number of allylic oxidation sites excluding steroid dienone is 3. The van der Waals surface area contributed by atoms with Crippen molar-refractivity contribution in [2.45, 2.75) is 45.4 Å². The van der Waals surface area contributed by atoms with Gasteiger partial charge in [-0.1, -0.05) is 67.3 Å². The van der Waals surface area contributed by atoms with Crippen LogP contribution in [0.2, 0.25) is 5.02 Å². The molecule has 0 bridgehead atoms. The van der Waals surface area contributed by atoms with E-state index in [1.165, 1.54) is 24.8 Å². The summed E-state index contributed by atoms with van der Waals surface area (Å²) in [6.45, 7) is 2.21. The van der Waals surface area contributed by atoms with Crippen LogP contribution in [0.3, 0.4) is 0 Å². The molecule has 0 radical (unpaired) electrons. The Hall–Kier alpha value is -1.54. The quantitative estimate of drug-likeness (QED) is 0.480. The molecule has 0 saturated carbocycles. The molecule has 1 aromatic rings. The summed E-state index contributed by atoms with van der Waals surface area (Å²) in [5, 5.41) is 3.41. The first kappa shape index (κ1) is 18.5. The number of amides is 1. The molecule has 1 amide bonds. The molecule has 0 aromatic heterocycles. The third-order valence-electron chi connectivity index (χ3n) is 3.49. The maximum Gasteiger partial charge on any atom is 0.220 e. The number of carbonyl (C=O) groups excluding carboxylic acids is 1. The minimum atomic E-state index is 0.0827. The number of unbranched alkanes of at least 4 members (excludes halogenated alkanes) is 3. The van der Waals surface area contributed by atoms with E-state index in [1.54, 1.807) is 7.05 Å². The van der Waals surface area contributed by atoms with E-state index in [0.717, 1.165) is 23.4 Å². The Kier molecular flexibility index (Phi) is 9.33. The minimum Gasteiger partial charge on any atom is -0.359 e. The van der Waals surface area contributed by atoms with Crippen LogP contribution in [0.5, 0.6) is 0 Å². The Morgan fingerprint density at radius 2 is 1.91 bits per heavy atom. The predicted molar refractivity (Wildman–Crippen MR) is 96.0 cm³/mol. The molecule has 2 nitrogen and oxygen atoms in total. The van der Waals surface area contributed by atoms with Gasteiger partial charge in [0.05, 0.1) is 0 Å². The van der Waals surface area contributed by atoms with Gasteiger partial charge in [-0.25, -0.2) is 0 Å². The lowest BCUT2D eigenvalue weighted by molar-refractivity contribution is -0.120. The zero-order valence-electron chi connectivity index (χ0n) is 13.6. The lowest BCUT2D eigenvalue weighted by atomic mass is 10.0. The first-order valence-corrected chi connectivity index (χ1v) is 8.36. The first-order valence-electron chi connectivity index (χ1n) is 7.99. The average molecular weight is 320 g/mol. The molecule has 3 heteroatoms. The largest absolute Gasteiger partial charge is 0.359 e. The normalized spacial score (nSPS) is 11.9. The summed E-state index contributed by atoms with van der Waals surface area (Å²) in [5.74, 6) is 0.0827. The maximum atomic E-state index is 11.4. The molecule has 1 aromatic carbocycles. The van der Waals surface area contributed by atoms with Crippen molar-refractivity contribution >= 4 is 23.6 Å². The molecule has 0 saturated heterocycles. The fraction of sp³-hybridized carbons (Fsp3) is 0.421. The van der Waals surface area contributed by atoms with Crippen molar-refractivity contribution in [1.82, 2.24) is 5.32 Å². The molecule has 0 fully saturated rings. The van der Waals surface area contributed by atoms with Crippen LogP contribution in [0.15, 0.2) is 42.0 Å². The fourth-order valence-electron chi connectivity index (χ4n) is 2.10. The van der Waals surface area contributed by atoms with E-state index in [0.29, 0.717) is 6.42 Å². The second-order valence-electron chi connectivity index (χ2n) is 5.33. The number of hydrogen-bond donors (Lipinski definition) is 1. The second kappa shape index (κ2) is 11.1. The fourth-order valence-corrected chi connectivity index (χ4v) is 2.22. The summed E-state index contributed by atoms with van der Waals surface area (Å²) in [6.07, 6.45) is 12.5. The average Bonchev–Trinajstić information content (AvgIpc) is 2.54. The number of carbonyl (C=O) groups is 1. The zero-order valence-corrected chi connectivity index (χ0v) is 14.3. The van der Waals surface area contributed by atoms with Gasteiger partial charge < -0.3 is 5.32 Å². The highest BCUT2D eigenvalue weighted by molar-refractivity contribution is 6.30. The third-order valence-corrected chi connectivity index (χ3v) is 3.75. The topological polar surface area (TPSA) is 29.1 Å². The predicted octanol–water partition coefficient (Wildman–Crippen LogP) is 5.39. The molecular formula is C19H26ClNO. The first-order chi connectivity index (χ1) is 10.7. The molecule has 120 valence electrons. The molecule has 22 heavy (non-hydrogen) atoms. The Bertz CT molecular complexity index is 503. The molecule has 0 heterocycles. The van der Waals surface area contributed by atoms with Gasteiger partial charge >= 0.3 is 0 Å². The van der Waals surface area contributed by atoms with Crippen molar-refractivity contribution in [2.75, 3.05) is 7.05 Å². The van der Waals surface area contributed by atoms with E-state index in [4.69, 9.17) is 11.6 Å². The van der Waals surface area contributed by atoms with E-state index in [-0.39, 0.29) is 5.91 Å². The highest BCUT2D eigenvalue weighted by Gasteiger charge is 2.00. The third kappa shape index (κ3) is 8.04. The highest BCUT2D eigenvalue weighted by atomic mass is 35.5. The van der Waals surface area contributed by atoms with Gasteiger partial charge in [0.1, 0.15) is 0 Å². The van der Waals surface area contributed by atoms with Crippen molar-refractivity contribution in [3.05, 3.63) is 52.6 Å². The lowest BCUT2D eigenvalue weighted by Crippen LogP contribution is -2.17. The van der Waals surface area contributed by atoms with Gasteiger partial charge in [0.15, 0.2) is 0 Å². The number of hydrogen-bond acceptors (Lipinski definition) is 1. The van der Waals surface area contributed by atoms with Crippen LogP contribution >= 0.6 is 11.6 Å². The molecule has 1 rings (SSSR count). The molecule has 1 N–H and O–H groups in total. The van der Waals surface area contributed by atoms with E-state index < -0.39 is 0 Å². The summed E-state index contributed by atoms with van der Waals surface area (Å²) < 4.78 is 0.